The Bertz CT molecular complexity index is 1200. The van der Waals surface area contributed by atoms with E-state index in [1.54, 1.807) is 30.3 Å². The van der Waals surface area contributed by atoms with Gasteiger partial charge in [0.25, 0.3) is 0 Å². The molecule has 0 saturated heterocycles. The molecular formula is C24H28N2O4S. The average molecular weight is 441 g/mol. The standard InChI is InChI=1S/C24H28N2O4S/c1-24(2,3)18-9-5-7-16(13-18)20-14-19(11-12-22(20)31(25,28)29)26-15-17-8-6-10-21(30-4)23(17)27/h5-14,26-27H,15H2,1-4H3,(H2,25,28,29). The third-order valence-corrected chi connectivity index (χ3v) is 6.08. The topological polar surface area (TPSA) is 102 Å². The Morgan fingerprint density at radius 2 is 1.74 bits per heavy atom. The van der Waals surface area contributed by atoms with Gasteiger partial charge in [-0.15, -0.1) is 0 Å². The minimum Gasteiger partial charge on any atom is -0.504 e. The molecule has 164 valence electrons. The number of hydrogen-bond acceptors (Lipinski definition) is 5. The van der Waals surface area contributed by atoms with Crippen LogP contribution in [0.3, 0.4) is 0 Å². The number of rotatable bonds is 6. The predicted octanol–water partition coefficient (Wildman–Crippen LogP) is 4.62. The van der Waals surface area contributed by atoms with E-state index in [4.69, 9.17) is 9.88 Å². The molecule has 0 aliphatic rings. The van der Waals surface area contributed by atoms with Crippen molar-refractivity contribution >= 4 is 15.7 Å². The maximum absolute atomic E-state index is 12.2. The molecule has 0 atom stereocenters. The molecule has 0 bridgehead atoms. The van der Waals surface area contributed by atoms with Crippen LogP contribution in [0, 0.1) is 0 Å². The largest absolute Gasteiger partial charge is 0.504 e. The van der Waals surface area contributed by atoms with Crippen LogP contribution in [0.25, 0.3) is 11.1 Å². The van der Waals surface area contributed by atoms with E-state index in [0.29, 0.717) is 29.1 Å². The fourth-order valence-corrected chi connectivity index (χ4v) is 4.08. The lowest BCUT2D eigenvalue weighted by molar-refractivity contribution is 0.371. The molecule has 0 spiro atoms. The Hall–Kier alpha value is -3.03. The highest BCUT2D eigenvalue weighted by atomic mass is 32.2. The van der Waals surface area contributed by atoms with Crippen LogP contribution in [0.15, 0.2) is 65.6 Å². The summed E-state index contributed by atoms with van der Waals surface area (Å²) in [7, 11) is -2.42. The minimum absolute atomic E-state index is 0.0633. The molecule has 3 rings (SSSR count). The molecule has 0 saturated carbocycles. The fourth-order valence-electron chi connectivity index (χ4n) is 3.34. The smallest absolute Gasteiger partial charge is 0.238 e. The van der Waals surface area contributed by atoms with E-state index in [0.717, 1.165) is 11.1 Å². The first-order chi connectivity index (χ1) is 14.5. The van der Waals surface area contributed by atoms with E-state index >= 15 is 0 Å². The van der Waals surface area contributed by atoms with E-state index in [1.165, 1.54) is 13.2 Å². The van der Waals surface area contributed by atoms with Gasteiger partial charge in [0.2, 0.25) is 10.0 Å². The summed E-state index contributed by atoms with van der Waals surface area (Å²) in [5.41, 5.74) is 3.65. The first-order valence-electron chi connectivity index (χ1n) is 9.87. The van der Waals surface area contributed by atoms with Crippen molar-refractivity contribution < 1.29 is 18.3 Å². The Labute approximate surface area is 183 Å². The van der Waals surface area contributed by atoms with Gasteiger partial charge in [0, 0.05) is 23.4 Å². The molecule has 3 aromatic rings. The van der Waals surface area contributed by atoms with Gasteiger partial charge in [-0.2, -0.15) is 0 Å². The second-order valence-electron chi connectivity index (χ2n) is 8.41. The van der Waals surface area contributed by atoms with Crippen LogP contribution >= 0.6 is 0 Å². The van der Waals surface area contributed by atoms with Crippen molar-refractivity contribution in [2.45, 2.75) is 37.6 Å². The highest BCUT2D eigenvalue weighted by Crippen LogP contribution is 2.34. The van der Waals surface area contributed by atoms with Crippen molar-refractivity contribution in [2.24, 2.45) is 5.14 Å². The second-order valence-corrected chi connectivity index (χ2v) is 9.94. The highest BCUT2D eigenvalue weighted by molar-refractivity contribution is 7.89. The number of aromatic hydroxyl groups is 1. The Kier molecular flexibility index (Phi) is 6.29. The van der Waals surface area contributed by atoms with Crippen molar-refractivity contribution in [1.82, 2.24) is 0 Å². The number of sulfonamides is 1. The molecule has 0 amide bonds. The summed E-state index contributed by atoms with van der Waals surface area (Å²) in [6.07, 6.45) is 0. The van der Waals surface area contributed by atoms with Crippen LogP contribution in [-0.4, -0.2) is 20.6 Å². The second kappa shape index (κ2) is 8.61. The van der Waals surface area contributed by atoms with Crippen molar-refractivity contribution in [3.8, 4) is 22.6 Å². The number of para-hydroxylation sites is 1. The summed E-state index contributed by atoms with van der Waals surface area (Å²) < 4.78 is 29.6. The average Bonchev–Trinajstić information content (AvgIpc) is 2.71. The lowest BCUT2D eigenvalue weighted by Crippen LogP contribution is -2.14. The zero-order valence-corrected chi connectivity index (χ0v) is 19.0. The zero-order valence-electron chi connectivity index (χ0n) is 18.1. The van der Waals surface area contributed by atoms with Gasteiger partial charge in [-0.3, -0.25) is 0 Å². The van der Waals surface area contributed by atoms with Gasteiger partial charge in [0.1, 0.15) is 0 Å². The van der Waals surface area contributed by atoms with Crippen molar-refractivity contribution in [1.29, 1.82) is 0 Å². The van der Waals surface area contributed by atoms with Gasteiger partial charge in [-0.25, -0.2) is 13.6 Å². The number of ether oxygens (including phenoxy) is 1. The van der Waals surface area contributed by atoms with Crippen molar-refractivity contribution in [3.05, 3.63) is 71.8 Å². The van der Waals surface area contributed by atoms with E-state index in [-0.39, 0.29) is 16.1 Å². The number of benzene rings is 3. The first-order valence-corrected chi connectivity index (χ1v) is 11.4. The summed E-state index contributed by atoms with van der Waals surface area (Å²) >= 11 is 0. The minimum atomic E-state index is -3.91. The predicted molar refractivity (Wildman–Crippen MR) is 124 cm³/mol. The van der Waals surface area contributed by atoms with Gasteiger partial charge in [0.15, 0.2) is 11.5 Å². The Balaban J connectivity index is 2.01. The maximum atomic E-state index is 12.2. The van der Waals surface area contributed by atoms with E-state index < -0.39 is 10.0 Å². The fraction of sp³-hybridized carbons (Fsp3) is 0.250. The number of phenols is 1. The molecule has 31 heavy (non-hydrogen) atoms. The van der Waals surface area contributed by atoms with E-state index in [2.05, 4.69) is 26.1 Å². The third-order valence-electron chi connectivity index (χ3n) is 5.11. The molecule has 0 fully saturated rings. The molecule has 3 aromatic carbocycles. The number of nitrogens with one attached hydrogen (secondary N) is 1. The maximum Gasteiger partial charge on any atom is 0.238 e. The summed E-state index contributed by atoms with van der Waals surface area (Å²) in [4.78, 5) is 0.0633. The Morgan fingerprint density at radius 1 is 1.03 bits per heavy atom. The number of nitrogens with two attached hydrogens (primary N) is 1. The van der Waals surface area contributed by atoms with E-state index in [1.807, 2.05) is 24.3 Å². The summed E-state index contributed by atoms with van der Waals surface area (Å²) in [5.74, 6) is 0.459. The molecular weight excluding hydrogens is 412 g/mol. The summed E-state index contributed by atoms with van der Waals surface area (Å²) in [6.45, 7) is 6.64. The van der Waals surface area contributed by atoms with Crippen molar-refractivity contribution in [3.63, 3.8) is 0 Å². The molecule has 4 N–H and O–H groups in total. The summed E-state index contributed by atoms with van der Waals surface area (Å²) in [5, 5.41) is 19.0. The Morgan fingerprint density at radius 3 is 2.39 bits per heavy atom. The van der Waals surface area contributed by atoms with Gasteiger partial charge < -0.3 is 15.2 Å². The van der Waals surface area contributed by atoms with Crippen LogP contribution < -0.4 is 15.2 Å². The van der Waals surface area contributed by atoms with Crippen LogP contribution in [0.1, 0.15) is 31.9 Å². The lowest BCUT2D eigenvalue weighted by atomic mass is 9.85. The quantitative estimate of drug-likeness (QED) is 0.519. The number of hydrogen-bond donors (Lipinski definition) is 3. The molecule has 0 unspecified atom stereocenters. The molecule has 0 aliphatic carbocycles. The normalized spacial score (nSPS) is 11.9. The van der Waals surface area contributed by atoms with Gasteiger partial charge in [-0.05, 0) is 40.8 Å². The third kappa shape index (κ3) is 5.18. The first kappa shape index (κ1) is 22.7. The molecule has 0 heterocycles. The highest BCUT2D eigenvalue weighted by Gasteiger charge is 2.19. The van der Waals surface area contributed by atoms with Crippen LogP contribution in [0.4, 0.5) is 5.69 Å². The number of anilines is 1. The monoisotopic (exact) mass is 440 g/mol. The lowest BCUT2D eigenvalue weighted by Gasteiger charge is -2.20. The molecule has 0 aromatic heterocycles. The SMILES string of the molecule is COc1cccc(CNc2ccc(S(N)(=O)=O)c(-c3cccc(C(C)(C)C)c3)c2)c1O. The molecule has 6 nitrogen and oxygen atoms in total. The number of primary sulfonamides is 1. The van der Waals surface area contributed by atoms with Gasteiger partial charge >= 0.3 is 0 Å². The van der Waals surface area contributed by atoms with Crippen LogP contribution in [-0.2, 0) is 22.0 Å². The number of phenolic OH excluding ortho intramolecular Hbond substituents is 1. The van der Waals surface area contributed by atoms with Crippen molar-refractivity contribution in [2.75, 3.05) is 12.4 Å². The van der Waals surface area contributed by atoms with Gasteiger partial charge in [0.05, 0.1) is 12.0 Å². The number of methoxy groups -OCH3 is 1. The van der Waals surface area contributed by atoms with Gasteiger partial charge in [-0.1, -0.05) is 57.2 Å². The van der Waals surface area contributed by atoms with Crippen LogP contribution in [0.2, 0.25) is 0 Å². The van der Waals surface area contributed by atoms with Crippen LogP contribution in [0.5, 0.6) is 11.5 Å². The molecule has 0 aliphatic heterocycles. The molecule has 7 heteroatoms. The van der Waals surface area contributed by atoms with E-state index in [9.17, 15) is 13.5 Å². The summed E-state index contributed by atoms with van der Waals surface area (Å²) in [6, 6.07) is 18.0. The molecule has 0 radical (unpaired) electrons. The zero-order chi connectivity index (χ0) is 22.8.